The molecule has 5 heteroatoms. The van der Waals surface area contributed by atoms with Crippen molar-refractivity contribution in [2.75, 3.05) is 5.75 Å². The molecule has 4 nitrogen and oxygen atoms in total. The second-order valence-electron chi connectivity index (χ2n) is 3.43. The molecule has 0 atom stereocenters. The molecule has 3 N–H and O–H groups in total. The zero-order chi connectivity index (χ0) is 11.4. The van der Waals surface area contributed by atoms with Crippen molar-refractivity contribution in [1.29, 1.82) is 5.41 Å². The van der Waals surface area contributed by atoms with Crippen molar-refractivity contribution in [2.45, 2.75) is 32.3 Å². The van der Waals surface area contributed by atoms with E-state index < -0.39 is 0 Å². The van der Waals surface area contributed by atoms with Gasteiger partial charge in [-0.3, -0.25) is 5.41 Å². The van der Waals surface area contributed by atoms with Gasteiger partial charge in [0.25, 0.3) is 0 Å². The highest BCUT2D eigenvalue weighted by Gasteiger charge is 2.04. The third kappa shape index (κ3) is 3.51. The zero-order valence-electron chi connectivity index (χ0n) is 9.29. The lowest BCUT2D eigenvalue weighted by Crippen LogP contribution is -2.10. The highest BCUT2D eigenvalue weighted by molar-refractivity contribution is 7.99. The van der Waals surface area contributed by atoms with Crippen molar-refractivity contribution in [3.8, 4) is 0 Å². The van der Waals surface area contributed by atoms with Gasteiger partial charge in [0.1, 0.15) is 0 Å². The van der Waals surface area contributed by atoms with Crippen LogP contribution in [0, 0.1) is 26.2 Å². The quantitative estimate of drug-likeness (QED) is 0.354. The van der Waals surface area contributed by atoms with Crippen LogP contribution >= 0.6 is 11.8 Å². The molecule has 0 fully saturated rings. The van der Waals surface area contributed by atoms with E-state index in [2.05, 4.69) is 9.97 Å². The van der Waals surface area contributed by atoms with Gasteiger partial charge in [0.05, 0.1) is 5.84 Å². The van der Waals surface area contributed by atoms with Crippen molar-refractivity contribution in [2.24, 2.45) is 5.73 Å². The Hall–Kier alpha value is -1.10. The molecule has 82 valence electrons. The van der Waals surface area contributed by atoms with Crippen LogP contribution in [0.4, 0.5) is 0 Å². The molecule has 15 heavy (non-hydrogen) atoms. The Morgan fingerprint density at radius 1 is 1.27 bits per heavy atom. The number of nitrogens with two attached hydrogens (primary N) is 1. The number of nitrogens with one attached hydrogen (secondary N) is 1. The summed E-state index contributed by atoms with van der Waals surface area (Å²) in [6, 6.07) is 0. The SMILES string of the molecule is Cc1nc(SCCC(=N)N)nc(C)c1C. The lowest BCUT2D eigenvalue weighted by Gasteiger charge is -2.06. The predicted octanol–water partition coefficient (Wildman–Crippen LogP) is 1.82. The minimum Gasteiger partial charge on any atom is -0.388 e. The summed E-state index contributed by atoms with van der Waals surface area (Å²) < 4.78 is 0. The molecule has 0 aliphatic rings. The fourth-order valence-electron chi connectivity index (χ4n) is 1.06. The maximum atomic E-state index is 7.10. The lowest BCUT2D eigenvalue weighted by atomic mass is 10.2. The Kier molecular flexibility index (Phi) is 4.08. The normalized spacial score (nSPS) is 10.3. The number of rotatable bonds is 4. The summed E-state index contributed by atoms with van der Waals surface area (Å²) in [7, 11) is 0. The summed E-state index contributed by atoms with van der Waals surface area (Å²) in [4.78, 5) is 8.74. The molecule has 0 saturated carbocycles. The van der Waals surface area contributed by atoms with Gasteiger partial charge in [-0.1, -0.05) is 11.8 Å². The molecule has 1 aromatic rings. The first kappa shape index (κ1) is 12.0. The molecule has 0 radical (unpaired) electrons. The van der Waals surface area contributed by atoms with E-state index in [9.17, 15) is 0 Å². The number of nitrogens with zero attached hydrogens (tertiary/aromatic N) is 2. The highest BCUT2D eigenvalue weighted by atomic mass is 32.2. The van der Waals surface area contributed by atoms with E-state index in [1.165, 1.54) is 0 Å². The van der Waals surface area contributed by atoms with Crippen molar-refractivity contribution < 1.29 is 0 Å². The van der Waals surface area contributed by atoms with Gasteiger partial charge in [0.2, 0.25) is 0 Å². The summed E-state index contributed by atoms with van der Waals surface area (Å²) >= 11 is 1.54. The Balaban J connectivity index is 2.66. The molecule has 0 amide bonds. The van der Waals surface area contributed by atoms with E-state index in [0.717, 1.165) is 27.9 Å². The van der Waals surface area contributed by atoms with Gasteiger partial charge >= 0.3 is 0 Å². The van der Waals surface area contributed by atoms with E-state index in [4.69, 9.17) is 11.1 Å². The summed E-state index contributed by atoms with van der Waals surface area (Å²) in [6.45, 7) is 5.99. The molecule has 1 rings (SSSR count). The van der Waals surface area contributed by atoms with E-state index in [0.29, 0.717) is 6.42 Å². The predicted molar refractivity (Wildman–Crippen MR) is 63.5 cm³/mol. The topological polar surface area (TPSA) is 75.7 Å². The Labute approximate surface area is 94.2 Å². The molecule has 1 heterocycles. The van der Waals surface area contributed by atoms with Crippen molar-refractivity contribution in [3.63, 3.8) is 0 Å². The van der Waals surface area contributed by atoms with Crippen LogP contribution in [-0.4, -0.2) is 21.6 Å². The number of hydrogen-bond acceptors (Lipinski definition) is 4. The Morgan fingerprint density at radius 2 is 1.80 bits per heavy atom. The first-order valence-corrected chi connectivity index (χ1v) is 5.77. The summed E-state index contributed by atoms with van der Waals surface area (Å²) in [6.07, 6.45) is 0.583. The first-order chi connectivity index (χ1) is 7.00. The fourth-order valence-corrected chi connectivity index (χ4v) is 1.97. The number of aromatic nitrogens is 2. The van der Waals surface area contributed by atoms with Gasteiger partial charge in [0, 0.05) is 23.6 Å². The third-order valence-corrected chi connectivity index (χ3v) is 3.06. The monoisotopic (exact) mass is 224 g/mol. The number of hydrogen-bond donors (Lipinski definition) is 2. The maximum absolute atomic E-state index is 7.10. The standard InChI is InChI=1S/C10H16N4S/c1-6-7(2)13-10(14-8(6)3)15-5-4-9(11)12/h4-5H2,1-3H3,(H3,11,12). The van der Waals surface area contributed by atoms with Gasteiger partial charge < -0.3 is 5.73 Å². The van der Waals surface area contributed by atoms with E-state index in [-0.39, 0.29) is 5.84 Å². The number of thioether (sulfide) groups is 1. The molecule has 0 aliphatic heterocycles. The molecule has 0 saturated heterocycles. The van der Waals surface area contributed by atoms with Crippen LogP contribution < -0.4 is 5.73 Å². The number of amidine groups is 1. The molecule has 1 aromatic heterocycles. The maximum Gasteiger partial charge on any atom is 0.188 e. The summed E-state index contributed by atoms with van der Waals surface area (Å²) in [5.74, 6) is 0.972. The molecule has 0 spiro atoms. The van der Waals surface area contributed by atoms with E-state index in [1.807, 2.05) is 20.8 Å². The molecule has 0 aromatic carbocycles. The zero-order valence-corrected chi connectivity index (χ0v) is 10.1. The smallest absolute Gasteiger partial charge is 0.188 e. The van der Waals surface area contributed by atoms with E-state index >= 15 is 0 Å². The third-order valence-electron chi connectivity index (χ3n) is 2.21. The van der Waals surface area contributed by atoms with Crippen LogP contribution in [0.3, 0.4) is 0 Å². The fraction of sp³-hybridized carbons (Fsp3) is 0.500. The van der Waals surface area contributed by atoms with Crippen molar-refractivity contribution in [1.82, 2.24) is 9.97 Å². The van der Waals surface area contributed by atoms with Crippen LogP contribution in [0.25, 0.3) is 0 Å². The Bertz CT molecular complexity index is 353. The van der Waals surface area contributed by atoms with Crippen LogP contribution in [0.5, 0.6) is 0 Å². The van der Waals surface area contributed by atoms with E-state index in [1.54, 1.807) is 11.8 Å². The minimum atomic E-state index is 0.211. The molecular weight excluding hydrogens is 208 g/mol. The van der Waals surface area contributed by atoms with Crippen LogP contribution in [0.15, 0.2) is 5.16 Å². The molecular formula is C10H16N4S. The first-order valence-electron chi connectivity index (χ1n) is 4.78. The second kappa shape index (κ2) is 5.11. The summed E-state index contributed by atoms with van der Waals surface area (Å²) in [5.41, 5.74) is 8.46. The molecule has 0 unspecified atom stereocenters. The highest BCUT2D eigenvalue weighted by Crippen LogP contribution is 2.17. The van der Waals surface area contributed by atoms with Gasteiger partial charge in [-0.15, -0.1) is 0 Å². The van der Waals surface area contributed by atoms with Crippen LogP contribution in [-0.2, 0) is 0 Å². The van der Waals surface area contributed by atoms with Gasteiger partial charge in [0.15, 0.2) is 5.16 Å². The van der Waals surface area contributed by atoms with Crippen molar-refractivity contribution >= 4 is 17.6 Å². The lowest BCUT2D eigenvalue weighted by molar-refractivity contribution is 0.880. The second-order valence-corrected chi connectivity index (χ2v) is 4.49. The van der Waals surface area contributed by atoms with Crippen LogP contribution in [0.2, 0.25) is 0 Å². The van der Waals surface area contributed by atoms with Gasteiger partial charge in [-0.25, -0.2) is 9.97 Å². The summed E-state index contributed by atoms with van der Waals surface area (Å²) in [5, 5.41) is 7.88. The average Bonchev–Trinajstić information content (AvgIpc) is 2.13. The van der Waals surface area contributed by atoms with Crippen molar-refractivity contribution in [3.05, 3.63) is 17.0 Å². The van der Waals surface area contributed by atoms with Gasteiger partial charge in [-0.05, 0) is 26.3 Å². The molecule has 0 bridgehead atoms. The largest absolute Gasteiger partial charge is 0.388 e. The van der Waals surface area contributed by atoms with Crippen LogP contribution in [0.1, 0.15) is 23.4 Å². The average molecular weight is 224 g/mol. The number of aryl methyl sites for hydroxylation is 2. The Morgan fingerprint density at radius 3 is 2.27 bits per heavy atom. The molecule has 0 aliphatic carbocycles. The minimum absolute atomic E-state index is 0.211. The van der Waals surface area contributed by atoms with Gasteiger partial charge in [-0.2, -0.15) is 0 Å².